The Labute approximate surface area is 113 Å². The van der Waals surface area contributed by atoms with Crippen molar-refractivity contribution in [2.24, 2.45) is 5.73 Å². The average molecular weight is 286 g/mol. The molecular formula is C13H19FN2O2S. The van der Waals surface area contributed by atoms with E-state index in [9.17, 15) is 12.8 Å². The quantitative estimate of drug-likeness (QED) is 0.868. The van der Waals surface area contributed by atoms with Gasteiger partial charge in [-0.15, -0.1) is 0 Å². The maximum atomic E-state index is 14.0. The lowest BCUT2D eigenvalue weighted by Crippen LogP contribution is -2.34. The summed E-state index contributed by atoms with van der Waals surface area (Å²) >= 11 is 0. The van der Waals surface area contributed by atoms with Crippen molar-refractivity contribution in [1.29, 1.82) is 0 Å². The van der Waals surface area contributed by atoms with Crippen LogP contribution in [-0.4, -0.2) is 25.3 Å². The Morgan fingerprint density at radius 3 is 2.58 bits per heavy atom. The summed E-state index contributed by atoms with van der Waals surface area (Å²) < 4.78 is 40.3. The molecule has 0 heterocycles. The molecule has 106 valence electrons. The monoisotopic (exact) mass is 286 g/mol. The van der Waals surface area contributed by atoms with E-state index in [4.69, 9.17) is 5.73 Å². The summed E-state index contributed by atoms with van der Waals surface area (Å²) in [5.74, 6) is -0.718. The molecule has 2 rings (SSSR count). The number of nitrogens with zero attached hydrogens (tertiary/aromatic N) is 1. The van der Waals surface area contributed by atoms with Gasteiger partial charge in [0.1, 0.15) is 10.7 Å². The molecule has 0 aromatic heterocycles. The number of halogens is 1. The molecule has 0 saturated heterocycles. The molecule has 0 aliphatic heterocycles. The summed E-state index contributed by atoms with van der Waals surface area (Å²) in [7, 11) is -3.74. The molecule has 6 heteroatoms. The summed E-state index contributed by atoms with van der Waals surface area (Å²) in [5, 5.41) is 0. The zero-order chi connectivity index (χ0) is 14.0. The van der Waals surface area contributed by atoms with E-state index in [2.05, 4.69) is 0 Å². The molecule has 4 nitrogen and oxygen atoms in total. The molecule has 0 atom stereocenters. The van der Waals surface area contributed by atoms with Crippen LogP contribution >= 0.6 is 0 Å². The predicted molar refractivity (Wildman–Crippen MR) is 71.5 cm³/mol. The lowest BCUT2D eigenvalue weighted by molar-refractivity contribution is 0.400. The van der Waals surface area contributed by atoms with Gasteiger partial charge in [0.05, 0.1) is 0 Å². The van der Waals surface area contributed by atoms with Crippen LogP contribution in [0.2, 0.25) is 0 Å². The van der Waals surface area contributed by atoms with Gasteiger partial charge in [-0.05, 0) is 37.0 Å². The predicted octanol–water partition coefficient (Wildman–Crippen LogP) is 1.85. The highest BCUT2D eigenvalue weighted by Gasteiger charge is 2.38. The van der Waals surface area contributed by atoms with Crippen molar-refractivity contribution in [2.45, 2.75) is 43.7 Å². The van der Waals surface area contributed by atoms with Gasteiger partial charge >= 0.3 is 0 Å². The van der Waals surface area contributed by atoms with Gasteiger partial charge in [-0.2, -0.15) is 4.31 Å². The average Bonchev–Trinajstić information content (AvgIpc) is 3.19. The number of sulfonamides is 1. The number of rotatable bonds is 6. The maximum absolute atomic E-state index is 14.0. The molecule has 0 spiro atoms. The standard InChI is InChI=1S/C13H19FN2O2S/c1-2-7-16(11-4-5-11)19(17,18)13-6-3-10(9-15)8-12(13)14/h3,6,8,11H,2,4-5,7,9,15H2,1H3. The van der Waals surface area contributed by atoms with Crippen LogP contribution in [0.4, 0.5) is 4.39 Å². The SMILES string of the molecule is CCCN(C1CC1)S(=O)(=O)c1ccc(CN)cc1F. The van der Waals surface area contributed by atoms with Crippen molar-refractivity contribution in [2.75, 3.05) is 6.54 Å². The van der Waals surface area contributed by atoms with Crippen LogP contribution in [0.3, 0.4) is 0 Å². The minimum atomic E-state index is -3.74. The smallest absolute Gasteiger partial charge is 0.246 e. The van der Waals surface area contributed by atoms with E-state index in [-0.39, 0.29) is 17.5 Å². The Morgan fingerprint density at radius 2 is 2.11 bits per heavy atom. The van der Waals surface area contributed by atoms with Crippen molar-refractivity contribution < 1.29 is 12.8 Å². The Hall–Kier alpha value is -0.980. The fourth-order valence-corrected chi connectivity index (χ4v) is 3.91. The molecule has 1 aromatic carbocycles. The second kappa shape index (κ2) is 5.56. The summed E-state index contributed by atoms with van der Waals surface area (Å²) in [6.45, 7) is 2.54. The van der Waals surface area contributed by atoms with E-state index >= 15 is 0 Å². The highest BCUT2D eigenvalue weighted by molar-refractivity contribution is 7.89. The lowest BCUT2D eigenvalue weighted by Gasteiger charge is -2.21. The Balaban J connectivity index is 2.37. The molecule has 0 radical (unpaired) electrons. The minimum absolute atomic E-state index is 0.0403. The molecule has 0 bridgehead atoms. The van der Waals surface area contributed by atoms with Gasteiger partial charge in [0, 0.05) is 19.1 Å². The van der Waals surface area contributed by atoms with Crippen LogP contribution in [0.25, 0.3) is 0 Å². The zero-order valence-electron chi connectivity index (χ0n) is 11.0. The first-order valence-electron chi connectivity index (χ1n) is 6.51. The summed E-state index contributed by atoms with van der Waals surface area (Å²) in [6.07, 6.45) is 2.45. The van der Waals surface area contributed by atoms with Crippen molar-refractivity contribution in [1.82, 2.24) is 4.31 Å². The van der Waals surface area contributed by atoms with Gasteiger partial charge in [0.15, 0.2) is 0 Å². The second-order valence-corrected chi connectivity index (χ2v) is 6.67. The normalized spacial score (nSPS) is 16.0. The molecule has 1 aliphatic rings. The third kappa shape index (κ3) is 2.96. The number of hydrogen-bond donors (Lipinski definition) is 1. The number of benzene rings is 1. The summed E-state index contributed by atoms with van der Waals surface area (Å²) in [6, 6.07) is 4.12. The van der Waals surface area contributed by atoms with Gasteiger partial charge in [0.2, 0.25) is 10.0 Å². The zero-order valence-corrected chi connectivity index (χ0v) is 11.8. The van der Waals surface area contributed by atoms with E-state index in [0.29, 0.717) is 12.1 Å². The molecular weight excluding hydrogens is 267 g/mol. The summed E-state index contributed by atoms with van der Waals surface area (Å²) in [4.78, 5) is -0.245. The highest BCUT2D eigenvalue weighted by Crippen LogP contribution is 2.33. The van der Waals surface area contributed by atoms with Crippen molar-refractivity contribution >= 4 is 10.0 Å². The molecule has 1 aromatic rings. The molecule has 0 unspecified atom stereocenters. The molecule has 19 heavy (non-hydrogen) atoms. The summed E-state index contributed by atoms with van der Waals surface area (Å²) in [5.41, 5.74) is 6.00. The number of nitrogens with two attached hydrogens (primary N) is 1. The first kappa shape index (κ1) is 14.4. The third-order valence-electron chi connectivity index (χ3n) is 3.22. The van der Waals surface area contributed by atoms with Crippen molar-refractivity contribution in [3.63, 3.8) is 0 Å². The fraction of sp³-hybridized carbons (Fsp3) is 0.538. The van der Waals surface area contributed by atoms with E-state index in [1.807, 2.05) is 6.92 Å². The van der Waals surface area contributed by atoms with Gasteiger partial charge < -0.3 is 5.73 Å². The van der Waals surface area contributed by atoms with Crippen LogP contribution in [0, 0.1) is 5.82 Å². The Bertz CT molecular complexity index is 556. The fourth-order valence-electron chi connectivity index (χ4n) is 2.09. The lowest BCUT2D eigenvalue weighted by atomic mass is 10.2. The first-order valence-corrected chi connectivity index (χ1v) is 7.95. The van der Waals surface area contributed by atoms with E-state index < -0.39 is 15.8 Å². The van der Waals surface area contributed by atoms with Gasteiger partial charge in [-0.25, -0.2) is 12.8 Å². The Morgan fingerprint density at radius 1 is 1.42 bits per heavy atom. The van der Waals surface area contributed by atoms with Crippen LogP contribution in [0.15, 0.2) is 23.1 Å². The minimum Gasteiger partial charge on any atom is -0.326 e. The van der Waals surface area contributed by atoms with Crippen LogP contribution in [0.1, 0.15) is 31.7 Å². The van der Waals surface area contributed by atoms with E-state index in [0.717, 1.165) is 19.3 Å². The van der Waals surface area contributed by atoms with Crippen LogP contribution in [0.5, 0.6) is 0 Å². The molecule has 2 N–H and O–H groups in total. The highest BCUT2D eigenvalue weighted by atomic mass is 32.2. The molecule has 1 aliphatic carbocycles. The van der Waals surface area contributed by atoms with Crippen LogP contribution < -0.4 is 5.73 Å². The first-order chi connectivity index (χ1) is 9.00. The van der Waals surface area contributed by atoms with Gasteiger partial charge in [-0.3, -0.25) is 0 Å². The van der Waals surface area contributed by atoms with Gasteiger partial charge in [0.25, 0.3) is 0 Å². The Kier molecular flexibility index (Phi) is 4.23. The van der Waals surface area contributed by atoms with Crippen molar-refractivity contribution in [3.05, 3.63) is 29.6 Å². The van der Waals surface area contributed by atoms with Gasteiger partial charge in [-0.1, -0.05) is 13.0 Å². The largest absolute Gasteiger partial charge is 0.326 e. The second-order valence-electron chi connectivity index (χ2n) is 4.82. The van der Waals surface area contributed by atoms with E-state index in [1.165, 1.54) is 16.4 Å². The molecule has 1 saturated carbocycles. The topological polar surface area (TPSA) is 63.4 Å². The van der Waals surface area contributed by atoms with Crippen molar-refractivity contribution in [3.8, 4) is 0 Å². The third-order valence-corrected chi connectivity index (χ3v) is 5.20. The maximum Gasteiger partial charge on any atom is 0.246 e. The number of hydrogen-bond acceptors (Lipinski definition) is 3. The molecule has 1 fully saturated rings. The van der Waals surface area contributed by atoms with E-state index in [1.54, 1.807) is 6.07 Å². The molecule has 0 amide bonds. The van der Waals surface area contributed by atoms with Crippen LogP contribution in [-0.2, 0) is 16.6 Å².